The Morgan fingerprint density at radius 3 is 3.00 bits per heavy atom. The van der Waals surface area contributed by atoms with Crippen molar-refractivity contribution in [3.8, 4) is 0 Å². The average molecular weight is 275 g/mol. The molecule has 5 nitrogen and oxygen atoms in total. The van der Waals surface area contributed by atoms with Crippen LogP contribution in [-0.2, 0) is 18.4 Å². The smallest absolute Gasteiger partial charge is 0.220 e. The molecule has 1 aromatic heterocycles. The summed E-state index contributed by atoms with van der Waals surface area (Å²) >= 11 is 3.33. The van der Waals surface area contributed by atoms with Gasteiger partial charge in [-0.05, 0) is 12.8 Å². The molecule has 84 valence electrons. The highest BCUT2D eigenvalue weighted by Crippen LogP contribution is 1.98. The first-order chi connectivity index (χ1) is 7.24. The summed E-state index contributed by atoms with van der Waals surface area (Å²) in [6.07, 6.45) is 4.13. The lowest BCUT2D eigenvalue weighted by Crippen LogP contribution is -2.24. The van der Waals surface area contributed by atoms with Crippen LogP contribution in [0.5, 0.6) is 0 Å². The van der Waals surface area contributed by atoms with Crippen LogP contribution in [0.4, 0.5) is 0 Å². The first-order valence-corrected chi connectivity index (χ1v) is 6.01. The van der Waals surface area contributed by atoms with E-state index in [-0.39, 0.29) is 5.91 Å². The maximum absolute atomic E-state index is 11.3. The van der Waals surface area contributed by atoms with Gasteiger partial charge in [-0.15, -0.1) is 10.2 Å². The van der Waals surface area contributed by atoms with Crippen LogP contribution in [0.25, 0.3) is 0 Å². The predicted molar refractivity (Wildman–Crippen MR) is 60.5 cm³/mol. The number of aromatic nitrogens is 3. The van der Waals surface area contributed by atoms with Crippen molar-refractivity contribution < 1.29 is 4.79 Å². The molecule has 0 radical (unpaired) electrons. The molecule has 0 aromatic carbocycles. The summed E-state index contributed by atoms with van der Waals surface area (Å²) in [6, 6.07) is 0. The number of hydrogen-bond acceptors (Lipinski definition) is 3. The Morgan fingerprint density at radius 1 is 1.60 bits per heavy atom. The van der Waals surface area contributed by atoms with Crippen molar-refractivity contribution in [3.63, 3.8) is 0 Å². The molecule has 1 N–H and O–H groups in total. The number of nitrogens with zero attached hydrogens (tertiary/aromatic N) is 3. The molecule has 0 atom stereocenters. The number of carbonyl (C=O) groups is 1. The molecule has 1 heterocycles. The second-order valence-electron chi connectivity index (χ2n) is 3.28. The Balaban J connectivity index is 2.20. The first-order valence-electron chi connectivity index (χ1n) is 4.89. The third kappa shape index (κ3) is 4.42. The van der Waals surface area contributed by atoms with E-state index in [9.17, 15) is 4.79 Å². The van der Waals surface area contributed by atoms with Crippen LogP contribution in [0.15, 0.2) is 6.33 Å². The zero-order chi connectivity index (χ0) is 11.1. The fraction of sp³-hybridized carbons (Fsp3) is 0.667. The van der Waals surface area contributed by atoms with E-state index < -0.39 is 0 Å². The van der Waals surface area contributed by atoms with Gasteiger partial charge in [0.25, 0.3) is 0 Å². The molecule has 0 fully saturated rings. The van der Waals surface area contributed by atoms with Crippen LogP contribution in [0.2, 0.25) is 0 Å². The number of alkyl halides is 1. The van der Waals surface area contributed by atoms with Gasteiger partial charge in [0.15, 0.2) is 5.82 Å². The summed E-state index contributed by atoms with van der Waals surface area (Å²) in [5.41, 5.74) is 0. The number of aryl methyl sites for hydroxylation is 1. The Labute approximate surface area is 97.4 Å². The van der Waals surface area contributed by atoms with Crippen molar-refractivity contribution in [2.75, 3.05) is 5.33 Å². The maximum Gasteiger partial charge on any atom is 0.220 e. The van der Waals surface area contributed by atoms with Crippen molar-refractivity contribution in [2.24, 2.45) is 7.05 Å². The van der Waals surface area contributed by atoms with Gasteiger partial charge in [-0.25, -0.2) is 0 Å². The van der Waals surface area contributed by atoms with E-state index in [1.165, 1.54) is 0 Å². The van der Waals surface area contributed by atoms with E-state index in [2.05, 4.69) is 31.4 Å². The van der Waals surface area contributed by atoms with Crippen molar-refractivity contribution in [2.45, 2.75) is 25.8 Å². The Bertz CT molecular complexity index is 313. The highest BCUT2D eigenvalue weighted by Gasteiger charge is 2.03. The summed E-state index contributed by atoms with van der Waals surface area (Å²) in [5.74, 6) is 0.836. The predicted octanol–water partition coefficient (Wildman–Crippen LogP) is 0.996. The quantitative estimate of drug-likeness (QED) is 0.622. The number of hydrogen-bond donors (Lipinski definition) is 1. The van der Waals surface area contributed by atoms with E-state index in [1.54, 1.807) is 10.9 Å². The lowest BCUT2D eigenvalue weighted by molar-refractivity contribution is -0.121. The minimum atomic E-state index is 0.0685. The molecule has 0 saturated heterocycles. The van der Waals surface area contributed by atoms with Crippen LogP contribution in [0.3, 0.4) is 0 Å². The molecule has 1 aromatic rings. The topological polar surface area (TPSA) is 59.8 Å². The molecule has 0 saturated carbocycles. The van der Waals surface area contributed by atoms with Crippen LogP contribution in [0, 0.1) is 0 Å². The SMILES string of the molecule is Cn1cnnc1CNC(=O)CCCCBr. The highest BCUT2D eigenvalue weighted by molar-refractivity contribution is 9.09. The molecule has 1 rings (SSSR count). The van der Waals surface area contributed by atoms with Gasteiger partial charge in [-0.2, -0.15) is 0 Å². The summed E-state index contributed by atoms with van der Waals surface area (Å²) in [4.78, 5) is 11.3. The van der Waals surface area contributed by atoms with Gasteiger partial charge in [0.2, 0.25) is 5.91 Å². The van der Waals surface area contributed by atoms with E-state index in [1.807, 2.05) is 7.05 Å². The Kier molecular flexibility index (Phi) is 5.31. The molecule has 0 bridgehead atoms. The van der Waals surface area contributed by atoms with Gasteiger partial charge >= 0.3 is 0 Å². The number of amides is 1. The first kappa shape index (κ1) is 12.2. The third-order valence-corrected chi connectivity index (χ3v) is 2.60. The van der Waals surface area contributed by atoms with Gasteiger partial charge in [-0.1, -0.05) is 15.9 Å². The molecule has 0 aliphatic rings. The summed E-state index contributed by atoms with van der Waals surface area (Å²) in [7, 11) is 1.85. The standard InChI is InChI=1S/C9H15BrN4O/c1-14-7-12-13-8(14)6-11-9(15)4-2-3-5-10/h7H,2-6H2,1H3,(H,11,15). The van der Waals surface area contributed by atoms with Crippen molar-refractivity contribution in [1.29, 1.82) is 0 Å². The van der Waals surface area contributed by atoms with E-state index in [0.29, 0.717) is 13.0 Å². The molecule has 0 unspecified atom stereocenters. The van der Waals surface area contributed by atoms with Crippen LogP contribution in [0.1, 0.15) is 25.1 Å². The molecule has 1 amide bonds. The third-order valence-electron chi connectivity index (χ3n) is 2.04. The van der Waals surface area contributed by atoms with Crippen molar-refractivity contribution >= 4 is 21.8 Å². The molecule has 0 aliphatic carbocycles. The van der Waals surface area contributed by atoms with Crippen LogP contribution < -0.4 is 5.32 Å². The second-order valence-corrected chi connectivity index (χ2v) is 4.07. The molecular formula is C9H15BrN4O. The fourth-order valence-electron chi connectivity index (χ4n) is 1.11. The van der Waals surface area contributed by atoms with Gasteiger partial charge in [0.1, 0.15) is 6.33 Å². The van der Waals surface area contributed by atoms with Crippen LogP contribution in [-0.4, -0.2) is 26.0 Å². The monoisotopic (exact) mass is 274 g/mol. The van der Waals surface area contributed by atoms with E-state index in [0.717, 1.165) is 24.0 Å². The van der Waals surface area contributed by atoms with E-state index >= 15 is 0 Å². The average Bonchev–Trinajstić information content (AvgIpc) is 2.61. The normalized spacial score (nSPS) is 10.3. The molecular weight excluding hydrogens is 260 g/mol. The zero-order valence-corrected chi connectivity index (χ0v) is 10.3. The van der Waals surface area contributed by atoms with Crippen molar-refractivity contribution in [3.05, 3.63) is 12.2 Å². The number of carbonyl (C=O) groups excluding carboxylic acids is 1. The van der Waals surface area contributed by atoms with Crippen molar-refractivity contribution in [1.82, 2.24) is 20.1 Å². The Morgan fingerprint density at radius 2 is 2.40 bits per heavy atom. The number of halogens is 1. The summed E-state index contributed by atoms with van der Waals surface area (Å²) < 4.78 is 1.79. The zero-order valence-electron chi connectivity index (χ0n) is 8.74. The maximum atomic E-state index is 11.3. The minimum Gasteiger partial charge on any atom is -0.349 e. The van der Waals surface area contributed by atoms with E-state index in [4.69, 9.17) is 0 Å². The minimum absolute atomic E-state index is 0.0685. The largest absolute Gasteiger partial charge is 0.349 e. The lowest BCUT2D eigenvalue weighted by atomic mass is 10.2. The molecule has 15 heavy (non-hydrogen) atoms. The molecule has 0 spiro atoms. The van der Waals surface area contributed by atoms with Gasteiger partial charge in [0, 0.05) is 18.8 Å². The second kappa shape index (κ2) is 6.55. The molecule has 0 aliphatic heterocycles. The van der Waals surface area contributed by atoms with Gasteiger partial charge in [0.05, 0.1) is 6.54 Å². The highest BCUT2D eigenvalue weighted by atomic mass is 79.9. The lowest BCUT2D eigenvalue weighted by Gasteiger charge is -2.03. The molecule has 6 heteroatoms. The number of unbranched alkanes of at least 4 members (excludes halogenated alkanes) is 1. The summed E-state index contributed by atoms with van der Waals surface area (Å²) in [5, 5.41) is 11.4. The number of nitrogens with one attached hydrogen (secondary N) is 1. The fourth-order valence-corrected chi connectivity index (χ4v) is 1.51. The van der Waals surface area contributed by atoms with Gasteiger partial charge in [-0.3, -0.25) is 4.79 Å². The van der Waals surface area contributed by atoms with Gasteiger partial charge < -0.3 is 9.88 Å². The Hall–Kier alpha value is -0.910. The summed E-state index contributed by atoms with van der Waals surface area (Å²) in [6.45, 7) is 0.448. The van der Waals surface area contributed by atoms with Crippen LogP contribution >= 0.6 is 15.9 Å². The number of rotatable bonds is 6.